The van der Waals surface area contributed by atoms with E-state index in [0.29, 0.717) is 0 Å². The van der Waals surface area contributed by atoms with Crippen LogP contribution in [-0.2, 0) is 6.42 Å². The Bertz CT molecular complexity index is 566. The number of halogens is 2. The second-order valence-electron chi connectivity index (χ2n) is 4.89. The van der Waals surface area contributed by atoms with Crippen LogP contribution in [-0.4, -0.2) is 7.05 Å². The van der Waals surface area contributed by atoms with Crippen LogP contribution in [0.4, 0.5) is 0 Å². The van der Waals surface area contributed by atoms with E-state index in [1.165, 1.54) is 23.1 Å². The third-order valence-corrected chi connectivity index (χ3v) is 4.99. The molecule has 0 aromatic heterocycles. The summed E-state index contributed by atoms with van der Waals surface area (Å²) < 4.78 is 1.08. The number of aryl methyl sites for hydroxylation is 1. The Balaban J connectivity index is 2.29. The highest BCUT2D eigenvalue weighted by molar-refractivity contribution is 14.1. The molecule has 1 nitrogen and oxygen atoms in total. The number of hydrogen-bond acceptors (Lipinski definition) is 1. The van der Waals surface area contributed by atoms with Gasteiger partial charge in [0.05, 0.1) is 11.1 Å². The molecule has 0 aliphatic carbocycles. The molecule has 0 spiro atoms. The first-order valence-electron chi connectivity index (χ1n) is 6.86. The molecule has 2 aromatic rings. The number of nitrogens with one attached hydrogen (secondary N) is 1. The fourth-order valence-electron chi connectivity index (χ4n) is 2.38. The van der Waals surface area contributed by atoms with Crippen LogP contribution in [0.25, 0.3) is 0 Å². The first kappa shape index (κ1) is 15.8. The van der Waals surface area contributed by atoms with Gasteiger partial charge in [0.25, 0.3) is 0 Å². The number of hydrogen-bond donors (Lipinski definition) is 1. The molecule has 3 heteroatoms. The van der Waals surface area contributed by atoms with Gasteiger partial charge in [-0.3, -0.25) is 0 Å². The maximum Gasteiger partial charge on any atom is 0.0574 e. The average Bonchev–Trinajstić information content (AvgIpc) is 2.46. The summed E-state index contributed by atoms with van der Waals surface area (Å²) in [6, 6.07) is 15.3. The van der Waals surface area contributed by atoms with Crippen LogP contribution in [0.5, 0.6) is 0 Å². The lowest BCUT2D eigenvalue weighted by Gasteiger charge is -2.18. The largest absolute Gasteiger partial charge is 0.309 e. The van der Waals surface area contributed by atoms with Gasteiger partial charge in [0.15, 0.2) is 0 Å². The van der Waals surface area contributed by atoms with Crippen molar-refractivity contribution < 1.29 is 0 Å². The molecule has 20 heavy (non-hydrogen) atoms. The van der Waals surface area contributed by atoms with Gasteiger partial charge in [-0.15, -0.1) is 0 Å². The molecule has 0 fully saturated rings. The smallest absolute Gasteiger partial charge is 0.0574 e. The Morgan fingerprint density at radius 3 is 2.30 bits per heavy atom. The number of benzene rings is 2. The molecule has 0 aliphatic rings. The van der Waals surface area contributed by atoms with Gasteiger partial charge in [0.1, 0.15) is 0 Å². The van der Waals surface area contributed by atoms with E-state index in [1.54, 1.807) is 0 Å². The molecule has 0 saturated carbocycles. The van der Waals surface area contributed by atoms with Crippen molar-refractivity contribution in [2.45, 2.75) is 25.8 Å². The molecule has 0 radical (unpaired) electrons. The molecular formula is C17H19ClIN. The molecule has 2 aromatic carbocycles. The van der Waals surface area contributed by atoms with Gasteiger partial charge in [-0.25, -0.2) is 0 Å². The molecule has 1 N–H and O–H groups in total. The molecule has 2 rings (SSSR count). The van der Waals surface area contributed by atoms with Crippen molar-refractivity contribution in [2.24, 2.45) is 0 Å². The zero-order chi connectivity index (χ0) is 14.5. The minimum Gasteiger partial charge on any atom is -0.309 e. The lowest BCUT2D eigenvalue weighted by molar-refractivity contribution is 0.691. The second kappa shape index (κ2) is 7.43. The van der Waals surface area contributed by atoms with Gasteiger partial charge in [0.2, 0.25) is 0 Å². The Labute approximate surface area is 139 Å². The molecule has 0 saturated heterocycles. The van der Waals surface area contributed by atoms with Gasteiger partial charge in [-0.2, -0.15) is 0 Å². The predicted molar refractivity (Wildman–Crippen MR) is 95.5 cm³/mol. The highest BCUT2D eigenvalue weighted by atomic mass is 127. The van der Waals surface area contributed by atoms with Crippen LogP contribution in [0.3, 0.4) is 0 Å². The van der Waals surface area contributed by atoms with Crippen LogP contribution < -0.4 is 5.32 Å². The first-order chi connectivity index (χ1) is 9.65. The summed E-state index contributed by atoms with van der Waals surface area (Å²) in [5.41, 5.74) is 3.86. The zero-order valence-corrected chi connectivity index (χ0v) is 14.7. The lowest BCUT2D eigenvalue weighted by Crippen LogP contribution is -2.17. The molecule has 106 valence electrons. The van der Waals surface area contributed by atoms with Crippen LogP contribution in [0.2, 0.25) is 5.02 Å². The molecular weight excluding hydrogens is 381 g/mol. The van der Waals surface area contributed by atoms with E-state index in [0.717, 1.165) is 15.0 Å². The second-order valence-corrected chi connectivity index (χ2v) is 6.46. The van der Waals surface area contributed by atoms with Crippen LogP contribution >= 0.6 is 34.2 Å². The Morgan fingerprint density at radius 2 is 1.75 bits per heavy atom. The van der Waals surface area contributed by atoms with Crippen molar-refractivity contribution in [3.8, 4) is 0 Å². The van der Waals surface area contributed by atoms with Crippen LogP contribution in [0.15, 0.2) is 42.5 Å². The predicted octanol–water partition coefficient (Wildman–Crippen LogP) is 5.21. The van der Waals surface area contributed by atoms with Crippen molar-refractivity contribution in [2.75, 3.05) is 7.05 Å². The molecule has 1 unspecified atom stereocenters. The van der Waals surface area contributed by atoms with Crippen molar-refractivity contribution in [3.63, 3.8) is 0 Å². The minimum atomic E-state index is 0.181. The van der Waals surface area contributed by atoms with Gasteiger partial charge in [-0.1, -0.05) is 55.3 Å². The van der Waals surface area contributed by atoms with E-state index in [9.17, 15) is 0 Å². The van der Waals surface area contributed by atoms with Crippen molar-refractivity contribution in [1.29, 1.82) is 0 Å². The maximum absolute atomic E-state index is 6.23. The highest BCUT2D eigenvalue weighted by Gasteiger charge is 2.13. The Hall–Kier alpha value is -0.580. The Morgan fingerprint density at radius 1 is 1.10 bits per heavy atom. The lowest BCUT2D eigenvalue weighted by atomic mass is 9.97. The standard InChI is InChI=1S/C17H19ClIN/c1-3-4-12-5-7-13(8-6-12)17(20-2)14-9-10-16(19)15(18)11-14/h5-11,17,20H,3-4H2,1-2H3. The fourth-order valence-corrected chi connectivity index (χ4v) is 2.91. The van der Waals surface area contributed by atoms with E-state index < -0.39 is 0 Å². The molecule has 0 heterocycles. The van der Waals surface area contributed by atoms with Crippen LogP contribution in [0, 0.1) is 3.57 Å². The fraction of sp³-hybridized carbons (Fsp3) is 0.294. The topological polar surface area (TPSA) is 12.0 Å². The molecule has 1 atom stereocenters. The first-order valence-corrected chi connectivity index (χ1v) is 8.32. The summed E-state index contributed by atoms with van der Waals surface area (Å²) in [7, 11) is 1.98. The van der Waals surface area contributed by atoms with Crippen LogP contribution in [0.1, 0.15) is 36.1 Å². The normalized spacial score (nSPS) is 12.4. The van der Waals surface area contributed by atoms with Gasteiger partial charge in [0, 0.05) is 3.57 Å². The summed E-state index contributed by atoms with van der Waals surface area (Å²) in [5, 5.41) is 4.18. The summed E-state index contributed by atoms with van der Waals surface area (Å²) in [6.07, 6.45) is 2.32. The van der Waals surface area contributed by atoms with Crippen molar-refractivity contribution in [1.82, 2.24) is 5.32 Å². The van der Waals surface area contributed by atoms with E-state index in [4.69, 9.17) is 11.6 Å². The minimum absolute atomic E-state index is 0.181. The molecule has 0 amide bonds. The average molecular weight is 400 g/mol. The summed E-state index contributed by atoms with van der Waals surface area (Å²) in [5.74, 6) is 0. The quantitative estimate of drug-likeness (QED) is 0.681. The highest BCUT2D eigenvalue weighted by Crippen LogP contribution is 2.27. The zero-order valence-electron chi connectivity index (χ0n) is 11.8. The maximum atomic E-state index is 6.23. The molecule has 0 aliphatic heterocycles. The third-order valence-electron chi connectivity index (χ3n) is 3.42. The van der Waals surface area contributed by atoms with Gasteiger partial charge in [-0.05, 0) is 64.9 Å². The van der Waals surface area contributed by atoms with Crippen molar-refractivity contribution >= 4 is 34.2 Å². The summed E-state index contributed by atoms with van der Waals surface area (Å²) in [6.45, 7) is 2.21. The van der Waals surface area contributed by atoms with E-state index in [1.807, 2.05) is 13.1 Å². The van der Waals surface area contributed by atoms with E-state index >= 15 is 0 Å². The number of rotatable bonds is 5. The monoisotopic (exact) mass is 399 g/mol. The van der Waals surface area contributed by atoms with Gasteiger partial charge < -0.3 is 5.32 Å². The molecule has 0 bridgehead atoms. The van der Waals surface area contributed by atoms with E-state index in [2.05, 4.69) is 71.2 Å². The van der Waals surface area contributed by atoms with Gasteiger partial charge >= 0.3 is 0 Å². The Kier molecular flexibility index (Phi) is 5.87. The van der Waals surface area contributed by atoms with E-state index in [-0.39, 0.29) is 6.04 Å². The third kappa shape index (κ3) is 3.74. The van der Waals surface area contributed by atoms with Crippen molar-refractivity contribution in [3.05, 3.63) is 67.7 Å². The summed E-state index contributed by atoms with van der Waals surface area (Å²) in [4.78, 5) is 0. The SMILES string of the molecule is CCCc1ccc(C(NC)c2ccc(I)c(Cl)c2)cc1. The summed E-state index contributed by atoms with van der Waals surface area (Å²) >= 11 is 8.49.